The lowest BCUT2D eigenvalue weighted by molar-refractivity contribution is 0.0697. The van der Waals surface area contributed by atoms with Crippen LogP contribution in [0, 0.1) is 0 Å². The van der Waals surface area contributed by atoms with Gasteiger partial charge in [-0.3, -0.25) is 0 Å². The van der Waals surface area contributed by atoms with Crippen molar-refractivity contribution < 1.29 is 15.0 Å². The maximum atomic E-state index is 10.6. The van der Waals surface area contributed by atoms with E-state index in [1.165, 1.54) is 12.1 Å². The van der Waals surface area contributed by atoms with Gasteiger partial charge in [0.15, 0.2) is 0 Å². The van der Waals surface area contributed by atoms with Crippen molar-refractivity contribution in [3.63, 3.8) is 0 Å². The van der Waals surface area contributed by atoms with Gasteiger partial charge in [-0.1, -0.05) is 25.5 Å². The molecule has 0 heterocycles. The minimum absolute atomic E-state index is 0. The van der Waals surface area contributed by atoms with Gasteiger partial charge in [-0.15, -0.1) is 12.4 Å². The molecule has 0 aromatic heterocycles. The number of hydrogen-bond acceptors (Lipinski definition) is 3. The second-order valence-corrected chi connectivity index (χ2v) is 3.81. The third-order valence-electron chi connectivity index (χ3n) is 2.54. The number of halogens is 1. The summed E-state index contributed by atoms with van der Waals surface area (Å²) < 4.78 is 0. The van der Waals surface area contributed by atoms with Gasteiger partial charge in [0.25, 0.3) is 0 Å². The van der Waals surface area contributed by atoms with E-state index in [9.17, 15) is 9.90 Å². The van der Waals surface area contributed by atoms with Crippen LogP contribution in [0.4, 0.5) is 0 Å². The largest absolute Gasteiger partial charge is 0.478 e. The number of benzene rings is 1. The average Bonchev–Trinajstić information content (AvgIpc) is 2.28. The molecule has 0 aliphatic heterocycles. The van der Waals surface area contributed by atoms with Crippen LogP contribution in [0.25, 0.3) is 0 Å². The number of aliphatic hydroxyl groups is 1. The van der Waals surface area contributed by atoms with E-state index in [2.05, 4.69) is 0 Å². The third-order valence-corrected chi connectivity index (χ3v) is 2.54. The summed E-state index contributed by atoms with van der Waals surface area (Å²) in [5.41, 5.74) is 6.83. The summed E-state index contributed by atoms with van der Waals surface area (Å²) >= 11 is 0. The molecule has 0 bridgehead atoms. The Balaban J connectivity index is 0.00000256. The van der Waals surface area contributed by atoms with Crippen LogP contribution >= 0.6 is 12.4 Å². The minimum atomic E-state index is -0.964. The van der Waals surface area contributed by atoms with Crippen molar-refractivity contribution in [1.82, 2.24) is 0 Å². The second kappa shape index (κ2) is 7.27. The Bertz CT molecular complexity index is 353. The maximum Gasteiger partial charge on any atom is 0.335 e. The minimum Gasteiger partial charge on any atom is -0.478 e. The van der Waals surface area contributed by atoms with E-state index < -0.39 is 18.1 Å². The van der Waals surface area contributed by atoms with Gasteiger partial charge in [0.05, 0.1) is 17.7 Å². The molecule has 1 rings (SSSR count). The molecule has 0 unspecified atom stereocenters. The Morgan fingerprint density at radius 2 is 1.88 bits per heavy atom. The molecule has 0 saturated carbocycles. The highest BCUT2D eigenvalue weighted by molar-refractivity contribution is 5.87. The number of aromatic carboxylic acids is 1. The van der Waals surface area contributed by atoms with Gasteiger partial charge < -0.3 is 15.9 Å². The average molecular weight is 260 g/mol. The topological polar surface area (TPSA) is 83.5 Å². The number of hydrogen-bond donors (Lipinski definition) is 3. The van der Waals surface area contributed by atoms with Crippen molar-refractivity contribution in [3.05, 3.63) is 35.4 Å². The molecule has 96 valence electrons. The Kier molecular flexibility index (Phi) is 6.80. The summed E-state index contributed by atoms with van der Waals surface area (Å²) in [5, 5.41) is 18.4. The quantitative estimate of drug-likeness (QED) is 0.755. The van der Waals surface area contributed by atoms with Gasteiger partial charge in [-0.25, -0.2) is 4.79 Å². The molecule has 4 N–H and O–H groups in total. The molecule has 0 fully saturated rings. The van der Waals surface area contributed by atoms with Crippen LogP contribution < -0.4 is 5.73 Å². The van der Waals surface area contributed by atoms with E-state index in [1.807, 2.05) is 6.92 Å². The maximum absolute atomic E-state index is 10.6. The third kappa shape index (κ3) is 4.34. The zero-order chi connectivity index (χ0) is 12.1. The summed E-state index contributed by atoms with van der Waals surface area (Å²) in [6.07, 6.45) is 0.921. The zero-order valence-electron chi connectivity index (χ0n) is 9.67. The molecular weight excluding hydrogens is 242 g/mol. The summed E-state index contributed by atoms with van der Waals surface area (Å²) in [6.45, 7) is 1.98. The highest BCUT2D eigenvalue weighted by Crippen LogP contribution is 2.18. The van der Waals surface area contributed by atoms with Crippen LogP contribution in [-0.2, 0) is 0 Å². The summed E-state index contributed by atoms with van der Waals surface area (Å²) in [5.74, 6) is -0.964. The Morgan fingerprint density at radius 1 is 1.35 bits per heavy atom. The van der Waals surface area contributed by atoms with Crippen molar-refractivity contribution >= 4 is 18.4 Å². The molecule has 17 heavy (non-hydrogen) atoms. The number of aliphatic hydroxyl groups excluding tert-OH is 1. The molecule has 0 saturated heterocycles. The molecule has 0 aliphatic rings. The highest BCUT2D eigenvalue weighted by Gasteiger charge is 2.16. The lowest BCUT2D eigenvalue weighted by atomic mass is 9.98. The van der Waals surface area contributed by atoms with Gasteiger partial charge in [0, 0.05) is 0 Å². The fourth-order valence-corrected chi connectivity index (χ4v) is 1.55. The standard InChI is InChI=1S/C12H17NO3.ClH/c1-2-3-10(14)11(13)8-4-6-9(7-5-8)12(15)16;/h4-7,10-11,14H,2-3,13H2,1H3,(H,15,16);1H/t10-,11+;/m0./s1. The van der Waals surface area contributed by atoms with Crippen molar-refractivity contribution in [2.45, 2.75) is 31.9 Å². The monoisotopic (exact) mass is 259 g/mol. The van der Waals surface area contributed by atoms with Crippen LogP contribution in [0.1, 0.15) is 41.7 Å². The smallest absolute Gasteiger partial charge is 0.335 e. The van der Waals surface area contributed by atoms with Gasteiger partial charge in [-0.05, 0) is 24.1 Å². The summed E-state index contributed by atoms with van der Waals surface area (Å²) in [4.78, 5) is 10.6. The van der Waals surface area contributed by atoms with E-state index in [1.54, 1.807) is 12.1 Å². The fourth-order valence-electron chi connectivity index (χ4n) is 1.55. The molecule has 1 aromatic carbocycles. The van der Waals surface area contributed by atoms with E-state index >= 15 is 0 Å². The molecular formula is C12H18ClNO3. The Morgan fingerprint density at radius 3 is 2.29 bits per heavy atom. The first kappa shape index (κ1) is 15.9. The SMILES string of the molecule is CCC[C@H](O)[C@H](N)c1ccc(C(=O)O)cc1.Cl. The fraction of sp³-hybridized carbons (Fsp3) is 0.417. The van der Waals surface area contributed by atoms with Crippen molar-refractivity contribution in [3.8, 4) is 0 Å². The number of carboxylic acids is 1. The van der Waals surface area contributed by atoms with Crippen molar-refractivity contribution in [1.29, 1.82) is 0 Å². The van der Waals surface area contributed by atoms with Gasteiger partial charge in [-0.2, -0.15) is 0 Å². The van der Waals surface area contributed by atoms with Gasteiger partial charge in [0.1, 0.15) is 0 Å². The predicted molar refractivity (Wildman–Crippen MR) is 68.5 cm³/mol. The zero-order valence-corrected chi connectivity index (χ0v) is 10.5. The number of carboxylic acid groups (broad SMARTS) is 1. The summed E-state index contributed by atoms with van der Waals surface area (Å²) in [7, 11) is 0. The van der Waals surface area contributed by atoms with Crippen LogP contribution in [-0.4, -0.2) is 22.3 Å². The molecule has 5 heteroatoms. The first-order valence-corrected chi connectivity index (χ1v) is 5.33. The first-order chi connectivity index (χ1) is 7.56. The number of carbonyl (C=O) groups is 1. The molecule has 2 atom stereocenters. The molecule has 1 aromatic rings. The lowest BCUT2D eigenvalue weighted by Crippen LogP contribution is -2.25. The van der Waals surface area contributed by atoms with Crippen LogP contribution in [0.3, 0.4) is 0 Å². The molecule has 0 spiro atoms. The van der Waals surface area contributed by atoms with Crippen molar-refractivity contribution in [2.24, 2.45) is 5.73 Å². The molecule has 0 aliphatic carbocycles. The van der Waals surface area contributed by atoms with E-state index in [4.69, 9.17) is 10.8 Å². The molecule has 0 amide bonds. The number of rotatable bonds is 5. The van der Waals surface area contributed by atoms with E-state index in [0.29, 0.717) is 6.42 Å². The first-order valence-electron chi connectivity index (χ1n) is 5.33. The molecule has 0 radical (unpaired) electrons. The molecule has 4 nitrogen and oxygen atoms in total. The second-order valence-electron chi connectivity index (χ2n) is 3.81. The highest BCUT2D eigenvalue weighted by atomic mass is 35.5. The summed E-state index contributed by atoms with van der Waals surface area (Å²) in [6, 6.07) is 5.83. The Hall–Kier alpha value is -1.10. The van der Waals surface area contributed by atoms with Crippen LogP contribution in [0.15, 0.2) is 24.3 Å². The van der Waals surface area contributed by atoms with E-state index in [-0.39, 0.29) is 18.0 Å². The van der Waals surface area contributed by atoms with Crippen LogP contribution in [0.5, 0.6) is 0 Å². The normalized spacial score (nSPS) is 13.6. The predicted octanol–water partition coefficient (Wildman–Crippen LogP) is 1.97. The lowest BCUT2D eigenvalue weighted by Gasteiger charge is -2.18. The van der Waals surface area contributed by atoms with Crippen LogP contribution in [0.2, 0.25) is 0 Å². The van der Waals surface area contributed by atoms with Crippen molar-refractivity contribution in [2.75, 3.05) is 0 Å². The Labute approximate surface area is 107 Å². The van der Waals surface area contributed by atoms with E-state index in [0.717, 1.165) is 12.0 Å². The van der Waals surface area contributed by atoms with Gasteiger partial charge >= 0.3 is 5.97 Å². The van der Waals surface area contributed by atoms with Gasteiger partial charge in [0.2, 0.25) is 0 Å². The number of nitrogens with two attached hydrogens (primary N) is 1.